The molecule has 0 radical (unpaired) electrons. The molecule has 2 aromatic rings. The normalized spacial score (nSPS) is 10.5. The Morgan fingerprint density at radius 3 is 2.62 bits per heavy atom. The van der Waals surface area contributed by atoms with Crippen LogP contribution in [0.15, 0.2) is 36.9 Å². The van der Waals surface area contributed by atoms with Crippen LogP contribution in [0.3, 0.4) is 0 Å². The molecule has 2 rings (SSSR count). The maximum absolute atomic E-state index is 14.2. The highest BCUT2D eigenvalue weighted by Crippen LogP contribution is 2.28. The zero-order valence-corrected chi connectivity index (χ0v) is 12.7. The zero-order chi connectivity index (χ0) is 15.6. The van der Waals surface area contributed by atoms with Gasteiger partial charge in [0.25, 0.3) is 0 Å². The van der Waals surface area contributed by atoms with E-state index in [-0.39, 0.29) is 17.7 Å². The fraction of sp³-hybridized carbons (Fsp3) is 0.176. The number of benzene rings is 2. The Balaban J connectivity index is 2.34. The van der Waals surface area contributed by atoms with Gasteiger partial charge in [0.15, 0.2) is 5.82 Å². The number of anilines is 1. The topological polar surface area (TPSA) is 12.0 Å². The van der Waals surface area contributed by atoms with Crippen molar-refractivity contribution in [1.82, 2.24) is 0 Å². The van der Waals surface area contributed by atoms with Crippen LogP contribution >= 0.6 is 11.6 Å². The van der Waals surface area contributed by atoms with E-state index in [1.807, 2.05) is 19.1 Å². The third kappa shape index (κ3) is 3.24. The van der Waals surface area contributed by atoms with E-state index in [0.29, 0.717) is 16.3 Å². The van der Waals surface area contributed by atoms with Gasteiger partial charge in [-0.2, -0.15) is 0 Å². The number of halogens is 3. The SMILES string of the molecule is C=C(Nc1ccc(F)c(CC)c1F)c1cc(C)ccc1Cl. The number of rotatable bonds is 4. The fourth-order valence-corrected chi connectivity index (χ4v) is 2.35. The van der Waals surface area contributed by atoms with Gasteiger partial charge in [0.05, 0.1) is 5.69 Å². The van der Waals surface area contributed by atoms with E-state index in [2.05, 4.69) is 11.9 Å². The molecule has 0 heterocycles. The standard InChI is InChI=1S/C17H16ClF2N/c1-4-12-15(19)7-8-16(17(12)20)21-11(3)13-9-10(2)5-6-14(13)18/h5-9,21H,3-4H2,1-2H3. The third-order valence-electron chi connectivity index (χ3n) is 3.27. The van der Waals surface area contributed by atoms with Crippen molar-refractivity contribution in [1.29, 1.82) is 0 Å². The molecular formula is C17H16ClF2N. The molecular weight excluding hydrogens is 292 g/mol. The summed E-state index contributed by atoms with van der Waals surface area (Å²) in [6.07, 6.45) is 0.283. The van der Waals surface area contributed by atoms with Gasteiger partial charge in [0, 0.05) is 21.8 Å². The van der Waals surface area contributed by atoms with Gasteiger partial charge in [-0.15, -0.1) is 0 Å². The second-order valence-electron chi connectivity index (χ2n) is 4.83. The molecule has 4 heteroatoms. The van der Waals surface area contributed by atoms with Gasteiger partial charge < -0.3 is 5.32 Å². The largest absolute Gasteiger partial charge is 0.353 e. The van der Waals surface area contributed by atoms with Crippen molar-refractivity contribution in [3.8, 4) is 0 Å². The van der Waals surface area contributed by atoms with Crippen molar-refractivity contribution in [2.75, 3.05) is 5.32 Å². The molecule has 0 aliphatic heterocycles. The lowest BCUT2D eigenvalue weighted by atomic mass is 10.1. The molecule has 0 atom stereocenters. The molecule has 0 aromatic heterocycles. The number of aryl methyl sites for hydroxylation is 1. The second-order valence-corrected chi connectivity index (χ2v) is 5.24. The molecule has 1 N–H and O–H groups in total. The maximum atomic E-state index is 14.2. The van der Waals surface area contributed by atoms with E-state index in [9.17, 15) is 8.78 Å². The van der Waals surface area contributed by atoms with Crippen LogP contribution in [0.25, 0.3) is 5.70 Å². The van der Waals surface area contributed by atoms with Crippen molar-refractivity contribution in [3.63, 3.8) is 0 Å². The van der Waals surface area contributed by atoms with E-state index in [1.54, 1.807) is 13.0 Å². The maximum Gasteiger partial charge on any atom is 0.152 e. The summed E-state index contributed by atoms with van der Waals surface area (Å²) in [5.41, 5.74) is 2.43. The van der Waals surface area contributed by atoms with Crippen molar-refractivity contribution >= 4 is 23.0 Å². The van der Waals surface area contributed by atoms with E-state index >= 15 is 0 Å². The second kappa shape index (κ2) is 6.27. The average Bonchev–Trinajstić information content (AvgIpc) is 2.45. The highest BCUT2D eigenvalue weighted by Gasteiger charge is 2.13. The molecule has 2 aromatic carbocycles. The summed E-state index contributed by atoms with van der Waals surface area (Å²) in [6.45, 7) is 7.52. The summed E-state index contributed by atoms with van der Waals surface area (Å²) >= 11 is 6.13. The van der Waals surface area contributed by atoms with Gasteiger partial charge in [-0.25, -0.2) is 8.78 Å². The van der Waals surface area contributed by atoms with Gasteiger partial charge in [-0.3, -0.25) is 0 Å². The zero-order valence-electron chi connectivity index (χ0n) is 11.9. The van der Waals surface area contributed by atoms with Crippen LogP contribution in [0.1, 0.15) is 23.6 Å². The molecule has 0 unspecified atom stereocenters. The summed E-state index contributed by atoms with van der Waals surface area (Å²) in [7, 11) is 0. The van der Waals surface area contributed by atoms with Crippen molar-refractivity contribution in [2.24, 2.45) is 0 Å². The average molecular weight is 308 g/mol. The first kappa shape index (κ1) is 15.5. The van der Waals surface area contributed by atoms with E-state index in [4.69, 9.17) is 11.6 Å². The molecule has 110 valence electrons. The number of hydrogen-bond acceptors (Lipinski definition) is 1. The van der Waals surface area contributed by atoms with Gasteiger partial charge in [0.2, 0.25) is 0 Å². The van der Waals surface area contributed by atoms with Crippen LogP contribution in [0.4, 0.5) is 14.5 Å². The first-order chi connectivity index (χ1) is 9.93. The summed E-state index contributed by atoms with van der Waals surface area (Å²) in [5, 5.41) is 3.40. The Labute approximate surface area is 128 Å². The molecule has 0 saturated carbocycles. The van der Waals surface area contributed by atoms with Crippen molar-refractivity contribution in [2.45, 2.75) is 20.3 Å². The quantitative estimate of drug-likeness (QED) is 0.778. The van der Waals surface area contributed by atoms with E-state index in [0.717, 1.165) is 5.56 Å². The first-order valence-electron chi connectivity index (χ1n) is 6.63. The van der Waals surface area contributed by atoms with Crippen molar-refractivity contribution < 1.29 is 8.78 Å². The minimum absolute atomic E-state index is 0.0585. The van der Waals surface area contributed by atoms with Crippen LogP contribution < -0.4 is 5.32 Å². The lowest BCUT2D eigenvalue weighted by Gasteiger charge is -2.14. The third-order valence-corrected chi connectivity index (χ3v) is 3.60. The monoisotopic (exact) mass is 307 g/mol. The molecule has 0 bridgehead atoms. The summed E-state index contributed by atoms with van der Waals surface area (Å²) in [5.74, 6) is -1.14. The Morgan fingerprint density at radius 2 is 1.95 bits per heavy atom. The number of nitrogens with one attached hydrogen (secondary N) is 1. The van der Waals surface area contributed by atoms with Gasteiger partial charge in [0.1, 0.15) is 5.82 Å². The minimum atomic E-state index is -0.595. The highest BCUT2D eigenvalue weighted by molar-refractivity contribution is 6.32. The fourth-order valence-electron chi connectivity index (χ4n) is 2.12. The molecule has 0 saturated heterocycles. The van der Waals surface area contributed by atoms with Crippen LogP contribution in [0, 0.1) is 18.6 Å². The Bertz CT molecular complexity index is 695. The lowest BCUT2D eigenvalue weighted by Crippen LogP contribution is -2.04. The predicted octanol–water partition coefficient (Wildman–Crippen LogP) is 5.57. The molecule has 0 spiro atoms. The summed E-state index contributed by atoms with van der Waals surface area (Å²) in [6, 6.07) is 8.11. The smallest absolute Gasteiger partial charge is 0.152 e. The lowest BCUT2D eigenvalue weighted by molar-refractivity contribution is 0.562. The molecule has 0 aliphatic rings. The van der Waals surface area contributed by atoms with E-state index < -0.39 is 11.6 Å². The van der Waals surface area contributed by atoms with Crippen LogP contribution in [0.2, 0.25) is 5.02 Å². The van der Waals surface area contributed by atoms with Crippen molar-refractivity contribution in [3.05, 3.63) is 70.3 Å². The highest BCUT2D eigenvalue weighted by atomic mass is 35.5. The van der Waals surface area contributed by atoms with Gasteiger partial charge in [-0.1, -0.05) is 36.7 Å². The minimum Gasteiger partial charge on any atom is -0.353 e. The van der Waals surface area contributed by atoms with Gasteiger partial charge >= 0.3 is 0 Å². The predicted molar refractivity (Wildman–Crippen MR) is 84.6 cm³/mol. The molecule has 0 aliphatic carbocycles. The first-order valence-corrected chi connectivity index (χ1v) is 7.01. The van der Waals surface area contributed by atoms with Crippen LogP contribution in [-0.4, -0.2) is 0 Å². The molecule has 0 fully saturated rings. The Morgan fingerprint density at radius 1 is 1.24 bits per heavy atom. The molecule has 1 nitrogen and oxygen atoms in total. The Hall–Kier alpha value is -1.87. The Kier molecular flexibility index (Phi) is 4.63. The summed E-state index contributed by atoms with van der Waals surface area (Å²) < 4.78 is 27.7. The van der Waals surface area contributed by atoms with Crippen LogP contribution in [-0.2, 0) is 6.42 Å². The molecule has 0 amide bonds. The molecule has 21 heavy (non-hydrogen) atoms. The van der Waals surface area contributed by atoms with Gasteiger partial charge in [-0.05, 0) is 37.6 Å². The number of hydrogen-bond donors (Lipinski definition) is 1. The van der Waals surface area contributed by atoms with E-state index in [1.165, 1.54) is 12.1 Å². The summed E-state index contributed by atoms with van der Waals surface area (Å²) in [4.78, 5) is 0. The van der Waals surface area contributed by atoms with Crippen LogP contribution in [0.5, 0.6) is 0 Å².